The maximum atomic E-state index is 6.33. The Balaban J connectivity index is 2.28. The molecule has 2 N–H and O–H groups in total. The molecule has 4 heteroatoms. The Labute approximate surface area is 123 Å². The number of likely N-dealkylation sites (tertiary alicyclic amines) is 1. The quantitative estimate of drug-likeness (QED) is 0.908. The van der Waals surface area contributed by atoms with E-state index in [1.54, 1.807) is 0 Å². The van der Waals surface area contributed by atoms with Crippen molar-refractivity contribution in [3.05, 3.63) is 33.3 Å². The van der Waals surface area contributed by atoms with E-state index in [0.717, 1.165) is 35.4 Å². The van der Waals surface area contributed by atoms with Gasteiger partial charge in [-0.15, -0.1) is 0 Å². The molecule has 0 radical (unpaired) electrons. The molecule has 1 aromatic carbocycles. The number of nitrogens with two attached hydrogens (primary N) is 1. The fourth-order valence-electron chi connectivity index (χ4n) is 2.79. The summed E-state index contributed by atoms with van der Waals surface area (Å²) < 4.78 is 0.955. The van der Waals surface area contributed by atoms with E-state index in [0.29, 0.717) is 6.04 Å². The van der Waals surface area contributed by atoms with E-state index in [2.05, 4.69) is 39.9 Å². The van der Waals surface area contributed by atoms with Crippen LogP contribution in [0.3, 0.4) is 0 Å². The highest BCUT2D eigenvalue weighted by Crippen LogP contribution is 2.33. The summed E-state index contributed by atoms with van der Waals surface area (Å²) in [6.07, 6.45) is 3.47. The second-order valence-electron chi connectivity index (χ2n) is 4.96. The first-order valence-corrected chi connectivity index (χ1v) is 7.75. The molecule has 0 aliphatic carbocycles. The summed E-state index contributed by atoms with van der Waals surface area (Å²) in [5.41, 5.74) is 7.60. The Kier molecular flexibility index (Phi) is 5.07. The molecule has 1 aromatic rings. The Hall–Kier alpha value is -0.0900. The summed E-state index contributed by atoms with van der Waals surface area (Å²) in [7, 11) is 0. The minimum Gasteiger partial charge on any atom is -0.326 e. The molecular formula is C14H20BrClN2. The van der Waals surface area contributed by atoms with Crippen LogP contribution in [-0.2, 0) is 0 Å². The predicted molar refractivity (Wildman–Crippen MR) is 81.0 cm³/mol. The van der Waals surface area contributed by atoms with Crippen LogP contribution in [0, 0.1) is 0 Å². The third-order valence-electron chi connectivity index (χ3n) is 3.58. The first-order chi connectivity index (χ1) is 8.63. The van der Waals surface area contributed by atoms with E-state index < -0.39 is 0 Å². The normalized spacial score (nSPS) is 25.3. The van der Waals surface area contributed by atoms with E-state index in [-0.39, 0.29) is 6.04 Å². The van der Waals surface area contributed by atoms with Crippen molar-refractivity contribution in [1.29, 1.82) is 0 Å². The molecule has 2 atom stereocenters. The Morgan fingerprint density at radius 2 is 2.28 bits per heavy atom. The van der Waals surface area contributed by atoms with Gasteiger partial charge in [0.15, 0.2) is 0 Å². The van der Waals surface area contributed by atoms with E-state index in [9.17, 15) is 0 Å². The minimum absolute atomic E-state index is 0.221. The molecule has 0 spiro atoms. The molecule has 1 saturated heterocycles. The van der Waals surface area contributed by atoms with Crippen LogP contribution in [0.5, 0.6) is 0 Å². The summed E-state index contributed by atoms with van der Waals surface area (Å²) >= 11 is 9.56. The maximum absolute atomic E-state index is 6.33. The van der Waals surface area contributed by atoms with Gasteiger partial charge in [0.25, 0.3) is 0 Å². The van der Waals surface area contributed by atoms with Gasteiger partial charge in [0, 0.05) is 16.6 Å². The summed E-state index contributed by atoms with van der Waals surface area (Å²) in [6, 6.07) is 6.71. The molecule has 100 valence electrons. The Morgan fingerprint density at radius 3 is 2.94 bits per heavy atom. The fraction of sp³-hybridized carbons (Fsp3) is 0.571. The molecular weight excluding hydrogens is 312 g/mol. The molecule has 1 fully saturated rings. The molecule has 18 heavy (non-hydrogen) atoms. The number of halogens is 2. The van der Waals surface area contributed by atoms with Crippen molar-refractivity contribution in [1.82, 2.24) is 4.90 Å². The van der Waals surface area contributed by atoms with E-state index in [4.69, 9.17) is 17.3 Å². The minimum atomic E-state index is 0.221. The lowest BCUT2D eigenvalue weighted by molar-refractivity contribution is 0.128. The largest absolute Gasteiger partial charge is 0.326 e. The van der Waals surface area contributed by atoms with Gasteiger partial charge in [0.2, 0.25) is 0 Å². The van der Waals surface area contributed by atoms with Crippen LogP contribution in [0.15, 0.2) is 22.7 Å². The highest BCUT2D eigenvalue weighted by molar-refractivity contribution is 9.10. The van der Waals surface area contributed by atoms with Crippen molar-refractivity contribution in [2.75, 3.05) is 13.1 Å². The third-order valence-corrected chi connectivity index (χ3v) is 4.79. The van der Waals surface area contributed by atoms with Crippen molar-refractivity contribution in [2.24, 2.45) is 5.73 Å². The zero-order valence-corrected chi connectivity index (χ0v) is 13.0. The topological polar surface area (TPSA) is 29.3 Å². The molecule has 2 nitrogen and oxygen atoms in total. The first-order valence-electron chi connectivity index (χ1n) is 6.58. The highest BCUT2D eigenvalue weighted by atomic mass is 79.9. The summed E-state index contributed by atoms with van der Waals surface area (Å²) in [5.74, 6) is 0. The van der Waals surface area contributed by atoms with Crippen LogP contribution < -0.4 is 5.73 Å². The van der Waals surface area contributed by atoms with Gasteiger partial charge in [-0.3, -0.25) is 4.90 Å². The van der Waals surface area contributed by atoms with Crippen LogP contribution >= 0.6 is 27.5 Å². The van der Waals surface area contributed by atoms with Gasteiger partial charge in [-0.05, 0) is 66.0 Å². The molecule has 0 aromatic heterocycles. The average molecular weight is 332 g/mol. The van der Waals surface area contributed by atoms with Gasteiger partial charge < -0.3 is 5.73 Å². The first kappa shape index (κ1) is 14.3. The van der Waals surface area contributed by atoms with E-state index in [1.807, 2.05) is 6.07 Å². The summed E-state index contributed by atoms with van der Waals surface area (Å²) in [4.78, 5) is 2.50. The molecule has 2 unspecified atom stereocenters. The van der Waals surface area contributed by atoms with Crippen molar-refractivity contribution in [3.63, 3.8) is 0 Å². The van der Waals surface area contributed by atoms with Crippen LogP contribution in [-0.4, -0.2) is 24.0 Å². The number of benzene rings is 1. The van der Waals surface area contributed by atoms with E-state index in [1.165, 1.54) is 12.0 Å². The van der Waals surface area contributed by atoms with Gasteiger partial charge in [-0.1, -0.05) is 24.6 Å². The number of nitrogens with zero attached hydrogens (tertiary/aromatic N) is 1. The van der Waals surface area contributed by atoms with Gasteiger partial charge >= 0.3 is 0 Å². The summed E-state index contributed by atoms with van der Waals surface area (Å²) in [5, 5.41) is 0.755. The fourth-order valence-corrected chi connectivity index (χ4v) is 3.30. The molecule has 0 amide bonds. The standard InChI is InChI=1S/C14H20BrClN2/c1-2-7-18-8-3-4-13(17)14(18)10-5-6-12(16)11(15)9-10/h5-6,9,13-14H,2-4,7-8,17H2,1H3. The molecule has 1 aliphatic rings. The smallest absolute Gasteiger partial charge is 0.0548 e. The van der Waals surface area contributed by atoms with Crippen LogP contribution in [0.25, 0.3) is 0 Å². The van der Waals surface area contributed by atoms with Gasteiger partial charge in [-0.25, -0.2) is 0 Å². The Bertz CT molecular complexity index is 409. The van der Waals surface area contributed by atoms with Gasteiger partial charge in [0.1, 0.15) is 0 Å². The second kappa shape index (κ2) is 6.38. The monoisotopic (exact) mass is 330 g/mol. The van der Waals surface area contributed by atoms with Crippen molar-refractivity contribution < 1.29 is 0 Å². The highest BCUT2D eigenvalue weighted by Gasteiger charge is 2.29. The van der Waals surface area contributed by atoms with Gasteiger partial charge in [0.05, 0.1) is 5.02 Å². The number of hydrogen-bond donors (Lipinski definition) is 1. The van der Waals surface area contributed by atoms with Crippen molar-refractivity contribution >= 4 is 27.5 Å². The lowest BCUT2D eigenvalue weighted by atomic mass is 9.91. The number of piperidine rings is 1. The number of rotatable bonds is 3. The van der Waals surface area contributed by atoms with Crippen LogP contribution in [0.2, 0.25) is 5.02 Å². The lowest BCUT2D eigenvalue weighted by Crippen LogP contribution is -2.46. The molecule has 1 aliphatic heterocycles. The van der Waals surface area contributed by atoms with Crippen molar-refractivity contribution in [2.45, 2.75) is 38.3 Å². The SMILES string of the molecule is CCCN1CCCC(N)C1c1ccc(Cl)c(Br)c1. The zero-order chi connectivity index (χ0) is 13.1. The molecule has 2 rings (SSSR count). The molecule has 0 saturated carbocycles. The second-order valence-corrected chi connectivity index (χ2v) is 6.22. The third kappa shape index (κ3) is 3.08. The predicted octanol–water partition coefficient (Wildman–Crippen LogP) is 3.98. The summed E-state index contributed by atoms with van der Waals surface area (Å²) in [6.45, 7) is 4.47. The van der Waals surface area contributed by atoms with Crippen LogP contribution in [0.1, 0.15) is 37.8 Å². The number of hydrogen-bond acceptors (Lipinski definition) is 2. The maximum Gasteiger partial charge on any atom is 0.0548 e. The Morgan fingerprint density at radius 1 is 1.50 bits per heavy atom. The van der Waals surface area contributed by atoms with Crippen LogP contribution in [0.4, 0.5) is 0 Å². The zero-order valence-electron chi connectivity index (χ0n) is 10.7. The van der Waals surface area contributed by atoms with Gasteiger partial charge in [-0.2, -0.15) is 0 Å². The lowest BCUT2D eigenvalue weighted by Gasteiger charge is -2.40. The van der Waals surface area contributed by atoms with E-state index >= 15 is 0 Å². The molecule has 0 bridgehead atoms. The molecule has 1 heterocycles. The average Bonchev–Trinajstić information content (AvgIpc) is 2.34. The van der Waals surface area contributed by atoms with Crippen molar-refractivity contribution in [3.8, 4) is 0 Å².